The quantitative estimate of drug-likeness (QED) is 0.583. The fourth-order valence-corrected chi connectivity index (χ4v) is 3.48. The molecular formula is C22H21N3O3. The second kappa shape index (κ2) is 7.23. The number of rotatable bonds is 5. The molecule has 0 fully saturated rings. The molecule has 4 aromatic rings. The van der Waals surface area contributed by atoms with Crippen molar-refractivity contribution in [3.8, 4) is 5.75 Å². The van der Waals surface area contributed by atoms with E-state index in [9.17, 15) is 9.59 Å². The average molecular weight is 375 g/mol. The van der Waals surface area contributed by atoms with Crippen LogP contribution in [0.5, 0.6) is 5.75 Å². The Labute approximate surface area is 162 Å². The maximum atomic E-state index is 12.7. The van der Waals surface area contributed by atoms with Crippen LogP contribution in [0.3, 0.4) is 0 Å². The van der Waals surface area contributed by atoms with Gasteiger partial charge in [-0.2, -0.15) is 0 Å². The van der Waals surface area contributed by atoms with Gasteiger partial charge in [0.1, 0.15) is 5.75 Å². The number of hydrogen-bond donors (Lipinski definition) is 1. The van der Waals surface area contributed by atoms with E-state index in [2.05, 4.69) is 9.88 Å². The number of carbonyl (C=O) groups is 1. The Hall–Kier alpha value is -3.54. The minimum atomic E-state index is -0.243. The molecule has 0 saturated heterocycles. The molecule has 0 aliphatic carbocycles. The fraction of sp³-hybridized carbons (Fsp3) is 0.182. The van der Waals surface area contributed by atoms with Gasteiger partial charge in [-0.05, 0) is 30.3 Å². The van der Waals surface area contributed by atoms with Crippen LogP contribution in [0.4, 0.5) is 0 Å². The van der Waals surface area contributed by atoms with Gasteiger partial charge in [-0.1, -0.05) is 18.2 Å². The molecular weight excluding hydrogens is 354 g/mol. The Kier molecular flexibility index (Phi) is 4.61. The van der Waals surface area contributed by atoms with Gasteiger partial charge in [0.2, 0.25) is 0 Å². The molecule has 1 N–H and O–H groups in total. The maximum Gasteiger partial charge on any atom is 0.252 e. The summed E-state index contributed by atoms with van der Waals surface area (Å²) in [4.78, 5) is 24.9. The number of nitrogens with zero attached hydrogens (tertiary/aromatic N) is 2. The third kappa shape index (κ3) is 3.13. The minimum absolute atomic E-state index is 0.200. The number of aryl methyl sites for hydroxylation is 1. The van der Waals surface area contributed by atoms with E-state index < -0.39 is 0 Å². The summed E-state index contributed by atoms with van der Waals surface area (Å²) in [5.74, 6) is 0.572. The molecule has 4 rings (SSSR count). The van der Waals surface area contributed by atoms with E-state index in [1.807, 2.05) is 54.7 Å². The number of benzene rings is 2. The number of ether oxygens (including phenoxy) is 1. The third-order valence-corrected chi connectivity index (χ3v) is 5.02. The predicted molar refractivity (Wildman–Crippen MR) is 110 cm³/mol. The first kappa shape index (κ1) is 17.9. The smallest absolute Gasteiger partial charge is 0.252 e. The van der Waals surface area contributed by atoms with E-state index in [0.717, 1.165) is 27.6 Å². The maximum absolute atomic E-state index is 12.7. The number of carbonyl (C=O) groups excluding carboxylic acids is 1. The molecule has 0 atom stereocenters. The zero-order chi connectivity index (χ0) is 19.7. The summed E-state index contributed by atoms with van der Waals surface area (Å²) in [6, 6.07) is 16.7. The zero-order valence-electron chi connectivity index (χ0n) is 15.8. The molecule has 0 spiro atoms. The number of para-hydroxylation sites is 1. The molecule has 2 aromatic heterocycles. The Morgan fingerprint density at radius 2 is 1.89 bits per heavy atom. The van der Waals surface area contributed by atoms with Gasteiger partial charge in [-0.3, -0.25) is 9.59 Å². The van der Waals surface area contributed by atoms with Gasteiger partial charge in [0, 0.05) is 48.7 Å². The number of methoxy groups -OCH3 is 1. The van der Waals surface area contributed by atoms with Crippen molar-refractivity contribution in [1.29, 1.82) is 0 Å². The van der Waals surface area contributed by atoms with E-state index in [1.165, 1.54) is 6.07 Å². The van der Waals surface area contributed by atoms with E-state index in [0.29, 0.717) is 18.7 Å². The topological polar surface area (TPSA) is 65.3 Å². The van der Waals surface area contributed by atoms with Crippen molar-refractivity contribution in [2.75, 3.05) is 13.7 Å². The number of nitrogens with one attached hydrogen (secondary N) is 1. The van der Waals surface area contributed by atoms with Crippen LogP contribution in [0.15, 0.2) is 65.6 Å². The van der Waals surface area contributed by atoms with Crippen LogP contribution >= 0.6 is 0 Å². The van der Waals surface area contributed by atoms with Crippen molar-refractivity contribution in [3.05, 3.63) is 76.7 Å². The summed E-state index contributed by atoms with van der Waals surface area (Å²) in [6.45, 7) is 1.09. The lowest BCUT2D eigenvalue weighted by atomic mass is 10.1. The number of hydrogen-bond acceptors (Lipinski definition) is 3. The number of aromatic nitrogens is 2. The number of fused-ring (bicyclic) bond motifs is 2. The summed E-state index contributed by atoms with van der Waals surface area (Å²) in [5, 5.41) is 4.78. The molecule has 0 unspecified atom stereocenters. The molecule has 1 amide bonds. The Bertz CT molecular complexity index is 1240. The SMILES string of the molecule is COc1ccc2c(ccn2CCNC(=O)c2cc(=O)n(C)c3ccccc23)c1. The molecule has 28 heavy (non-hydrogen) atoms. The van der Waals surface area contributed by atoms with E-state index in [4.69, 9.17) is 4.74 Å². The van der Waals surface area contributed by atoms with Gasteiger partial charge < -0.3 is 19.2 Å². The first-order valence-electron chi connectivity index (χ1n) is 9.08. The van der Waals surface area contributed by atoms with Crippen molar-refractivity contribution in [3.63, 3.8) is 0 Å². The van der Waals surface area contributed by atoms with Gasteiger partial charge >= 0.3 is 0 Å². The van der Waals surface area contributed by atoms with Gasteiger partial charge in [0.25, 0.3) is 11.5 Å². The van der Waals surface area contributed by atoms with Crippen molar-refractivity contribution in [2.45, 2.75) is 6.54 Å². The molecule has 0 aliphatic heterocycles. The normalized spacial score (nSPS) is 11.1. The standard InChI is InChI=1S/C22H21N3O3/c1-24-20-6-4-3-5-17(20)18(14-21(24)26)22(27)23-10-12-25-11-9-15-13-16(28-2)7-8-19(15)25/h3-9,11,13-14H,10,12H2,1-2H3,(H,23,27). The lowest BCUT2D eigenvalue weighted by molar-refractivity contribution is 0.0954. The Morgan fingerprint density at radius 1 is 1.07 bits per heavy atom. The van der Waals surface area contributed by atoms with E-state index in [-0.39, 0.29) is 11.5 Å². The number of pyridine rings is 1. The largest absolute Gasteiger partial charge is 0.497 e. The molecule has 0 saturated carbocycles. The summed E-state index contributed by atoms with van der Waals surface area (Å²) < 4.78 is 8.88. The molecule has 0 radical (unpaired) electrons. The van der Waals surface area contributed by atoms with Crippen LogP contribution in [0.2, 0.25) is 0 Å². The van der Waals surface area contributed by atoms with Gasteiger partial charge in [-0.25, -0.2) is 0 Å². The summed E-state index contributed by atoms with van der Waals surface area (Å²) in [6.07, 6.45) is 1.99. The third-order valence-electron chi connectivity index (χ3n) is 5.02. The van der Waals surface area contributed by atoms with Gasteiger partial charge in [-0.15, -0.1) is 0 Å². The second-order valence-electron chi connectivity index (χ2n) is 6.66. The Balaban J connectivity index is 1.52. The summed E-state index contributed by atoms with van der Waals surface area (Å²) >= 11 is 0. The van der Waals surface area contributed by atoms with Crippen molar-refractivity contribution in [2.24, 2.45) is 7.05 Å². The molecule has 0 aliphatic rings. The minimum Gasteiger partial charge on any atom is -0.497 e. The highest BCUT2D eigenvalue weighted by molar-refractivity contribution is 6.06. The average Bonchev–Trinajstić information content (AvgIpc) is 3.12. The lowest BCUT2D eigenvalue weighted by Gasteiger charge is -2.11. The first-order valence-corrected chi connectivity index (χ1v) is 9.08. The molecule has 2 heterocycles. The van der Waals surface area contributed by atoms with Gasteiger partial charge in [0.05, 0.1) is 18.2 Å². The molecule has 142 valence electrons. The van der Waals surface area contributed by atoms with Crippen LogP contribution in [0.1, 0.15) is 10.4 Å². The van der Waals surface area contributed by atoms with Crippen LogP contribution in [0.25, 0.3) is 21.8 Å². The highest BCUT2D eigenvalue weighted by Crippen LogP contribution is 2.21. The van der Waals surface area contributed by atoms with Crippen LogP contribution < -0.4 is 15.6 Å². The monoisotopic (exact) mass is 375 g/mol. The summed E-state index contributed by atoms with van der Waals surface area (Å²) in [7, 11) is 3.35. The molecule has 6 nitrogen and oxygen atoms in total. The second-order valence-corrected chi connectivity index (χ2v) is 6.66. The molecule has 6 heteroatoms. The lowest BCUT2D eigenvalue weighted by Crippen LogP contribution is -2.29. The number of amides is 1. The van der Waals surface area contributed by atoms with Crippen LogP contribution in [0, 0.1) is 0 Å². The zero-order valence-corrected chi connectivity index (χ0v) is 15.8. The van der Waals surface area contributed by atoms with Crippen molar-refractivity contribution >= 4 is 27.7 Å². The summed E-state index contributed by atoms with van der Waals surface area (Å²) in [5.41, 5.74) is 2.02. The predicted octanol–water partition coefficient (Wildman–Crippen LogP) is 2.93. The van der Waals surface area contributed by atoms with Crippen molar-refractivity contribution < 1.29 is 9.53 Å². The highest BCUT2D eigenvalue weighted by atomic mass is 16.5. The van der Waals surface area contributed by atoms with Crippen LogP contribution in [-0.2, 0) is 13.6 Å². The van der Waals surface area contributed by atoms with Crippen LogP contribution in [-0.4, -0.2) is 28.7 Å². The molecule has 2 aromatic carbocycles. The van der Waals surface area contributed by atoms with Gasteiger partial charge in [0.15, 0.2) is 0 Å². The van der Waals surface area contributed by atoms with E-state index >= 15 is 0 Å². The fourth-order valence-electron chi connectivity index (χ4n) is 3.48. The van der Waals surface area contributed by atoms with Crippen molar-refractivity contribution in [1.82, 2.24) is 14.5 Å². The Morgan fingerprint density at radius 3 is 2.71 bits per heavy atom. The molecule has 0 bridgehead atoms. The first-order chi connectivity index (χ1) is 13.6. The highest BCUT2D eigenvalue weighted by Gasteiger charge is 2.13. The van der Waals surface area contributed by atoms with E-state index in [1.54, 1.807) is 18.7 Å².